The molecule has 33 heavy (non-hydrogen) atoms. The number of nitrogens with zero attached hydrogens (tertiary/aromatic N) is 6. The first kappa shape index (κ1) is 21.6. The Bertz CT molecular complexity index is 1080. The van der Waals surface area contributed by atoms with E-state index < -0.39 is 4.92 Å². The zero-order valence-corrected chi connectivity index (χ0v) is 18.8. The van der Waals surface area contributed by atoms with E-state index in [0.29, 0.717) is 43.9 Å². The fourth-order valence-electron chi connectivity index (χ4n) is 4.77. The van der Waals surface area contributed by atoms with Crippen LogP contribution in [0.15, 0.2) is 18.2 Å². The van der Waals surface area contributed by atoms with Gasteiger partial charge in [-0.2, -0.15) is 4.98 Å². The number of anilines is 2. The van der Waals surface area contributed by atoms with Crippen molar-refractivity contribution in [3.05, 3.63) is 50.7 Å². The third-order valence-corrected chi connectivity index (χ3v) is 6.67. The predicted molar refractivity (Wildman–Crippen MR) is 123 cm³/mol. The number of carbonyl (C=O) groups is 1. The molecular weight excluding hydrogens is 424 g/mol. The van der Waals surface area contributed by atoms with Gasteiger partial charge in [-0.25, -0.2) is 4.98 Å². The zero-order chi connectivity index (χ0) is 22.9. The van der Waals surface area contributed by atoms with Crippen LogP contribution in [0.2, 0.25) is 0 Å². The molecule has 10 heteroatoms. The average Bonchev–Trinajstić information content (AvgIpc) is 3.38. The number of ether oxygens (including phenoxy) is 1. The molecule has 10 nitrogen and oxygen atoms in total. The van der Waals surface area contributed by atoms with Crippen LogP contribution in [0.25, 0.3) is 0 Å². The summed E-state index contributed by atoms with van der Waals surface area (Å²) < 4.78 is 5.54. The van der Waals surface area contributed by atoms with E-state index in [0.717, 1.165) is 62.0 Å². The highest BCUT2D eigenvalue weighted by atomic mass is 16.6. The number of nitro groups is 1. The number of aryl methyl sites for hydroxylation is 1. The summed E-state index contributed by atoms with van der Waals surface area (Å²) in [7, 11) is 0. The lowest BCUT2D eigenvalue weighted by atomic mass is 10.0. The molecule has 0 N–H and O–H groups in total. The van der Waals surface area contributed by atoms with E-state index in [1.807, 2.05) is 0 Å². The fourth-order valence-corrected chi connectivity index (χ4v) is 4.77. The number of nitro benzene ring substituents is 1. The van der Waals surface area contributed by atoms with Crippen molar-refractivity contribution in [2.75, 3.05) is 55.7 Å². The molecular formula is C23H28N6O4. The number of hydrogen-bond acceptors (Lipinski definition) is 8. The van der Waals surface area contributed by atoms with Crippen molar-refractivity contribution < 1.29 is 14.5 Å². The van der Waals surface area contributed by atoms with Gasteiger partial charge < -0.3 is 19.4 Å². The highest BCUT2D eigenvalue weighted by Crippen LogP contribution is 2.31. The van der Waals surface area contributed by atoms with E-state index in [-0.39, 0.29) is 11.6 Å². The molecule has 2 aromatic rings. The number of hydrogen-bond donors (Lipinski definition) is 0. The Balaban J connectivity index is 1.46. The summed E-state index contributed by atoms with van der Waals surface area (Å²) in [6.45, 7) is 7.32. The first-order valence-corrected chi connectivity index (χ1v) is 11.5. The second kappa shape index (κ2) is 8.93. The molecule has 1 amide bonds. The van der Waals surface area contributed by atoms with Crippen LogP contribution in [0.3, 0.4) is 0 Å². The van der Waals surface area contributed by atoms with Crippen molar-refractivity contribution in [1.82, 2.24) is 14.9 Å². The molecule has 0 spiro atoms. The summed E-state index contributed by atoms with van der Waals surface area (Å²) in [6.07, 6.45) is 2.94. The van der Waals surface area contributed by atoms with Gasteiger partial charge in [0.1, 0.15) is 5.82 Å². The highest BCUT2D eigenvalue weighted by Gasteiger charge is 2.30. The van der Waals surface area contributed by atoms with Crippen LogP contribution in [0.5, 0.6) is 0 Å². The molecule has 1 aromatic heterocycles. The minimum atomic E-state index is -0.443. The molecule has 3 aliphatic heterocycles. The second-order valence-corrected chi connectivity index (χ2v) is 8.80. The Morgan fingerprint density at radius 1 is 1.06 bits per heavy atom. The lowest BCUT2D eigenvalue weighted by Crippen LogP contribution is -2.41. The van der Waals surface area contributed by atoms with Crippen LogP contribution in [0, 0.1) is 17.0 Å². The van der Waals surface area contributed by atoms with E-state index in [1.165, 1.54) is 6.07 Å². The lowest BCUT2D eigenvalue weighted by molar-refractivity contribution is -0.385. The van der Waals surface area contributed by atoms with E-state index >= 15 is 0 Å². The third kappa shape index (κ3) is 4.22. The SMILES string of the molecule is Cc1ccc(C(=O)N2CCc3nc(N4CCCC4)nc(N4CCOCC4)c3C2)cc1[N+](=O)[O-]. The smallest absolute Gasteiger partial charge is 0.273 e. The first-order chi connectivity index (χ1) is 16.0. The number of aromatic nitrogens is 2. The molecule has 0 aliphatic carbocycles. The van der Waals surface area contributed by atoms with Crippen molar-refractivity contribution in [2.45, 2.75) is 32.7 Å². The predicted octanol–water partition coefficient (Wildman–Crippen LogP) is 2.33. The van der Waals surface area contributed by atoms with Crippen LogP contribution < -0.4 is 9.80 Å². The number of amides is 1. The van der Waals surface area contributed by atoms with Crippen LogP contribution >= 0.6 is 0 Å². The lowest BCUT2D eigenvalue weighted by Gasteiger charge is -2.35. The number of rotatable bonds is 4. The van der Waals surface area contributed by atoms with Gasteiger partial charge in [0, 0.05) is 61.9 Å². The number of benzene rings is 1. The summed E-state index contributed by atoms with van der Waals surface area (Å²) in [5.74, 6) is 1.46. The van der Waals surface area contributed by atoms with Crippen LogP contribution in [0.1, 0.15) is 40.0 Å². The van der Waals surface area contributed by atoms with Gasteiger partial charge in [0.2, 0.25) is 5.95 Å². The van der Waals surface area contributed by atoms with E-state index in [4.69, 9.17) is 14.7 Å². The summed E-state index contributed by atoms with van der Waals surface area (Å²) in [4.78, 5) is 40.3. The van der Waals surface area contributed by atoms with Gasteiger partial charge in [0.15, 0.2) is 0 Å². The second-order valence-electron chi connectivity index (χ2n) is 8.80. The third-order valence-electron chi connectivity index (χ3n) is 6.67. The summed E-state index contributed by atoms with van der Waals surface area (Å²) >= 11 is 0. The molecule has 0 bridgehead atoms. The maximum absolute atomic E-state index is 13.3. The average molecular weight is 453 g/mol. The van der Waals surface area contributed by atoms with Gasteiger partial charge >= 0.3 is 0 Å². The van der Waals surface area contributed by atoms with Crippen LogP contribution in [-0.2, 0) is 17.7 Å². The van der Waals surface area contributed by atoms with E-state index in [2.05, 4.69) is 9.80 Å². The topological polar surface area (TPSA) is 105 Å². The summed E-state index contributed by atoms with van der Waals surface area (Å²) in [5.41, 5.74) is 2.80. The Hall–Kier alpha value is -3.27. The molecule has 4 heterocycles. The van der Waals surface area contributed by atoms with Crippen molar-refractivity contribution in [3.63, 3.8) is 0 Å². The maximum atomic E-state index is 13.3. The van der Waals surface area contributed by atoms with Gasteiger partial charge in [0.05, 0.1) is 30.4 Å². The quantitative estimate of drug-likeness (QED) is 0.514. The van der Waals surface area contributed by atoms with Gasteiger partial charge in [-0.05, 0) is 25.8 Å². The Kier molecular flexibility index (Phi) is 5.84. The van der Waals surface area contributed by atoms with Crippen molar-refractivity contribution >= 4 is 23.4 Å². The fraction of sp³-hybridized carbons (Fsp3) is 0.522. The minimum absolute atomic E-state index is 0.0362. The summed E-state index contributed by atoms with van der Waals surface area (Å²) in [5, 5.41) is 11.3. The number of morpholine rings is 1. The molecule has 174 valence electrons. The molecule has 5 rings (SSSR count). The zero-order valence-electron chi connectivity index (χ0n) is 18.8. The maximum Gasteiger partial charge on any atom is 0.273 e. The monoisotopic (exact) mass is 452 g/mol. The largest absolute Gasteiger partial charge is 0.378 e. The highest BCUT2D eigenvalue weighted by molar-refractivity contribution is 5.95. The minimum Gasteiger partial charge on any atom is -0.378 e. The van der Waals surface area contributed by atoms with Gasteiger partial charge in [-0.1, -0.05) is 6.07 Å². The number of carbonyl (C=O) groups excluding carboxylic acids is 1. The normalized spacial score (nSPS) is 18.4. The van der Waals surface area contributed by atoms with Crippen molar-refractivity contribution in [1.29, 1.82) is 0 Å². The molecule has 0 unspecified atom stereocenters. The molecule has 0 atom stereocenters. The first-order valence-electron chi connectivity index (χ1n) is 11.5. The van der Waals surface area contributed by atoms with E-state index in [9.17, 15) is 14.9 Å². The molecule has 0 saturated carbocycles. The van der Waals surface area contributed by atoms with Gasteiger partial charge in [-0.3, -0.25) is 14.9 Å². The molecule has 2 fully saturated rings. The van der Waals surface area contributed by atoms with Crippen molar-refractivity contribution in [2.24, 2.45) is 0 Å². The Morgan fingerprint density at radius 2 is 1.82 bits per heavy atom. The van der Waals surface area contributed by atoms with Crippen molar-refractivity contribution in [3.8, 4) is 0 Å². The molecule has 2 saturated heterocycles. The van der Waals surface area contributed by atoms with Crippen LogP contribution in [0.4, 0.5) is 17.5 Å². The Morgan fingerprint density at radius 3 is 2.55 bits per heavy atom. The Labute approximate surface area is 192 Å². The molecule has 3 aliphatic rings. The molecule has 1 aromatic carbocycles. The van der Waals surface area contributed by atoms with E-state index in [1.54, 1.807) is 24.0 Å². The van der Waals surface area contributed by atoms with Gasteiger partial charge in [0.25, 0.3) is 11.6 Å². The van der Waals surface area contributed by atoms with Gasteiger partial charge in [-0.15, -0.1) is 0 Å². The number of fused-ring (bicyclic) bond motifs is 1. The molecule has 0 radical (unpaired) electrons. The standard InChI is InChI=1S/C23H28N6O4/c1-16-4-5-17(14-20(16)29(31)32)22(30)28-9-6-19-18(15-28)21(26-10-12-33-13-11-26)25-23(24-19)27-7-2-3-8-27/h4-5,14H,2-3,6-13,15H2,1H3. The van der Waals surface area contributed by atoms with Crippen LogP contribution in [-0.4, -0.2) is 71.6 Å². The summed E-state index contributed by atoms with van der Waals surface area (Å²) in [6, 6.07) is 4.67.